The van der Waals surface area contributed by atoms with Crippen molar-refractivity contribution >= 4 is 46.3 Å². The minimum Gasteiger partial charge on any atom is -0.399 e. The molecule has 20 heavy (non-hydrogen) atoms. The van der Waals surface area contributed by atoms with Gasteiger partial charge in [-0.1, -0.05) is 11.6 Å². The first-order chi connectivity index (χ1) is 9.54. The van der Waals surface area contributed by atoms with Crippen LogP contribution in [-0.4, -0.2) is 23.6 Å². The molecule has 0 aliphatic rings. The number of anilines is 1. The van der Waals surface area contributed by atoms with Crippen LogP contribution >= 0.6 is 34.7 Å². The highest BCUT2D eigenvalue weighted by Gasteiger charge is 2.11. The number of halogens is 1. The summed E-state index contributed by atoms with van der Waals surface area (Å²) in [5, 5.41) is 0. The van der Waals surface area contributed by atoms with E-state index in [1.165, 1.54) is 23.1 Å². The van der Waals surface area contributed by atoms with Crippen molar-refractivity contribution in [3.05, 3.63) is 45.6 Å². The number of hydrogen-bond donors (Lipinski definition) is 1. The minimum absolute atomic E-state index is 0.0938. The molecule has 1 aromatic heterocycles. The quantitative estimate of drug-likeness (QED) is 0.672. The third kappa shape index (κ3) is 4.44. The van der Waals surface area contributed by atoms with Gasteiger partial charge in [-0.15, -0.1) is 23.1 Å². The Bertz CT molecular complexity index is 583. The summed E-state index contributed by atoms with van der Waals surface area (Å²) in [5.74, 6) is 0.510. The molecular weight excluding hydrogens is 312 g/mol. The van der Waals surface area contributed by atoms with Gasteiger partial charge in [-0.2, -0.15) is 0 Å². The zero-order chi connectivity index (χ0) is 14.5. The predicted molar refractivity (Wildman–Crippen MR) is 87.4 cm³/mol. The summed E-state index contributed by atoms with van der Waals surface area (Å²) >= 11 is 8.89. The Hall–Kier alpha value is -1.17. The van der Waals surface area contributed by atoms with Gasteiger partial charge in [0.05, 0.1) is 16.6 Å². The Labute approximate surface area is 131 Å². The Morgan fingerprint density at radius 1 is 1.30 bits per heavy atom. The molecule has 2 rings (SSSR count). The normalized spacial score (nSPS) is 10.5. The predicted octanol–water partition coefficient (Wildman–Crippen LogP) is 3.73. The number of hydrogen-bond acceptors (Lipinski definition) is 4. The Morgan fingerprint density at radius 3 is 2.60 bits per heavy atom. The van der Waals surface area contributed by atoms with E-state index in [0.29, 0.717) is 12.3 Å². The highest BCUT2D eigenvalue weighted by Crippen LogP contribution is 2.23. The molecular formula is C14H15ClN2OS2. The summed E-state index contributed by atoms with van der Waals surface area (Å²) in [6, 6.07) is 11.3. The lowest BCUT2D eigenvalue weighted by molar-refractivity contribution is -0.127. The molecule has 0 spiro atoms. The van der Waals surface area contributed by atoms with Gasteiger partial charge >= 0.3 is 0 Å². The number of carbonyl (C=O) groups excluding carboxylic acids is 1. The second-order valence-electron chi connectivity index (χ2n) is 4.31. The van der Waals surface area contributed by atoms with Gasteiger partial charge in [-0.25, -0.2) is 0 Å². The number of rotatable bonds is 5. The standard InChI is InChI=1S/C14H15ClN2OS2/c1-17(8-12-6-7-13(15)20-12)14(18)9-19-11-4-2-10(16)3-5-11/h2-7H,8-9,16H2,1H3. The second-order valence-corrected chi connectivity index (χ2v) is 7.16. The van der Waals surface area contributed by atoms with E-state index in [1.807, 2.05) is 36.4 Å². The van der Waals surface area contributed by atoms with Gasteiger partial charge in [0.15, 0.2) is 0 Å². The number of thioether (sulfide) groups is 1. The summed E-state index contributed by atoms with van der Waals surface area (Å²) in [6.07, 6.45) is 0. The molecule has 0 aliphatic heterocycles. The van der Waals surface area contributed by atoms with Crippen LogP contribution in [0.3, 0.4) is 0 Å². The molecule has 0 radical (unpaired) electrons. The lowest BCUT2D eigenvalue weighted by atomic mass is 10.3. The molecule has 0 atom stereocenters. The van der Waals surface area contributed by atoms with Crippen LogP contribution in [0.15, 0.2) is 41.3 Å². The van der Waals surface area contributed by atoms with Gasteiger partial charge in [0.1, 0.15) is 0 Å². The summed E-state index contributed by atoms with van der Waals surface area (Å²) in [4.78, 5) is 15.9. The zero-order valence-electron chi connectivity index (χ0n) is 11.0. The van der Waals surface area contributed by atoms with Crippen molar-refractivity contribution in [3.8, 4) is 0 Å². The van der Waals surface area contributed by atoms with E-state index >= 15 is 0 Å². The molecule has 0 aliphatic carbocycles. The minimum atomic E-state index is 0.0938. The van der Waals surface area contributed by atoms with E-state index in [4.69, 9.17) is 17.3 Å². The fraction of sp³-hybridized carbons (Fsp3) is 0.214. The van der Waals surface area contributed by atoms with E-state index in [2.05, 4.69) is 0 Å². The first-order valence-corrected chi connectivity index (χ1v) is 8.19. The van der Waals surface area contributed by atoms with E-state index in [9.17, 15) is 4.79 Å². The van der Waals surface area contributed by atoms with Crippen LogP contribution in [0.5, 0.6) is 0 Å². The van der Waals surface area contributed by atoms with Crippen LogP contribution in [0.25, 0.3) is 0 Å². The maximum absolute atomic E-state index is 12.0. The molecule has 2 aromatic rings. The van der Waals surface area contributed by atoms with Crippen LogP contribution in [0.4, 0.5) is 5.69 Å². The lowest BCUT2D eigenvalue weighted by Crippen LogP contribution is -2.27. The highest BCUT2D eigenvalue weighted by atomic mass is 35.5. The molecule has 1 aromatic carbocycles. The second kappa shape index (κ2) is 7.02. The van der Waals surface area contributed by atoms with Crippen molar-refractivity contribution in [1.82, 2.24) is 4.90 Å². The third-order valence-electron chi connectivity index (χ3n) is 2.69. The van der Waals surface area contributed by atoms with E-state index in [1.54, 1.807) is 11.9 Å². The molecule has 3 nitrogen and oxygen atoms in total. The Kier molecular flexibility index (Phi) is 5.34. The first kappa shape index (κ1) is 15.2. The number of benzene rings is 1. The molecule has 0 saturated carbocycles. The number of thiophene rings is 1. The largest absolute Gasteiger partial charge is 0.399 e. The first-order valence-electron chi connectivity index (χ1n) is 6.01. The molecule has 0 fully saturated rings. The molecule has 2 N–H and O–H groups in total. The smallest absolute Gasteiger partial charge is 0.233 e. The molecule has 0 bridgehead atoms. The topological polar surface area (TPSA) is 46.3 Å². The number of nitrogens with zero attached hydrogens (tertiary/aromatic N) is 1. The van der Waals surface area contributed by atoms with Gasteiger partial charge in [0.2, 0.25) is 5.91 Å². The monoisotopic (exact) mass is 326 g/mol. The Balaban J connectivity index is 1.83. The number of nitrogens with two attached hydrogens (primary N) is 1. The molecule has 0 saturated heterocycles. The number of amides is 1. The highest BCUT2D eigenvalue weighted by molar-refractivity contribution is 8.00. The van der Waals surface area contributed by atoms with Crippen molar-refractivity contribution in [2.45, 2.75) is 11.4 Å². The molecule has 1 amide bonds. The van der Waals surface area contributed by atoms with Crippen molar-refractivity contribution in [2.24, 2.45) is 0 Å². The summed E-state index contributed by atoms with van der Waals surface area (Å²) in [6.45, 7) is 0.596. The average Bonchev–Trinajstić information content (AvgIpc) is 2.83. The molecule has 6 heteroatoms. The van der Waals surface area contributed by atoms with Crippen molar-refractivity contribution in [3.63, 3.8) is 0 Å². The maximum atomic E-state index is 12.0. The Morgan fingerprint density at radius 2 is 2.00 bits per heavy atom. The van der Waals surface area contributed by atoms with Gasteiger partial charge in [-0.05, 0) is 36.4 Å². The van der Waals surface area contributed by atoms with Gasteiger partial charge in [-0.3, -0.25) is 4.79 Å². The number of carbonyl (C=O) groups is 1. The van der Waals surface area contributed by atoms with Gasteiger partial charge in [0.25, 0.3) is 0 Å². The average molecular weight is 327 g/mol. The number of nitrogen functional groups attached to an aromatic ring is 1. The fourth-order valence-electron chi connectivity index (χ4n) is 1.58. The van der Waals surface area contributed by atoms with Crippen LogP contribution < -0.4 is 5.73 Å². The maximum Gasteiger partial charge on any atom is 0.233 e. The fourth-order valence-corrected chi connectivity index (χ4v) is 3.56. The van der Waals surface area contributed by atoms with E-state index in [-0.39, 0.29) is 5.91 Å². The van der Waals surface area contributed by atoms with E-state index < -0.39 is 0 Å². The van der Waals surface area contributed by atoms with Crippen LogP contribution in [0.2, 0.25) is 4.34 Å². The SMILES string of the molecule is CN(Cc1ccc(Cl)s1)C(=O)CSc1ccc(N)cc1. The third-order valence-corrected chi connectivity index (χ3v) is 4.90. The van der Waals surface area contributed by atoms with Crippen LogP contribution in [0.1, 0.15) is 4.88 Å². The lowest BCUT2D eigenvalue weighted by Gasteiger charge is -2.15. The van der Waals surface area contributed by atoms with Crippen LogP contribution in [-0.2, 0) is 11.3 Å². The molecule has 1 heterocycles. The van der Waals surface area contributed by atoms with Crippen molar-refractivity contribution in [2.75, 3.05) is 18.5 Å². The molecule has 0 unspecified atom stereocenters. The van der Waals surface area contributed by atoms with Gasteiger partial charge in [0, 0.05) is 22.5 Å². The molecule has 106 valence electrons. The van der Waals surface area contributed by atoms with Crippen LogP contribution in [0, 0.1) is 0 Å². The summed E-state index contributed by atoms with van der Waals surface area (Å²) < 4.78 is 0.747. The van der Waals surface area contributed by atoms with Gasteiger partial charge < -0.3 is 10.6 Å². The van der Waals surface area contributed by atoms with E-state index in [0.717, 1.165) is 19.8 Å². The van der Waals surface area contributed by atoms with Crippen molar-refractivity contribution < 1.29 is 4.79 Å². The summed E-state index contributed by atoms with van der Waals surface area (Å²) in [7, 11) is 1.81. The summed E-state index contributed by atoms with van der Waals surface area (Å²) in [5.41, 5.74) is 6.35. The zero-order valence-corrected chi connectivity index (χ0v) is 13.4. The van der Waals surface area contributed by atoms with Crippen molar-refractivity contribution in [1.29, 1.82) is 0 Å².